The molecule has 1 saturated heterocycles. The molecule has 17 heavy (non-hydrogen) atoms. The third-order valence-electron chi connectivity index (χ3n) is 2.82. The lowest BCUT2D eigenvalue weighted by molar-refractivity contribution is -0.141. The molecule has 2 rings (SSSR count). The van der Waals surface area contributed by atoms with Crippen molar-refractivity contribution in [2.24, 2.45) is 0 Å². The van der Waals surface area contributed by atoms with E-state index in [2.05, 4.69) is 15.3 Å². The molecular weight excluding hydrogens is 231 g/mol. The summed E-state index contributed by atoms with van der Waals surface area (Å²) in [5.74, 6) is 0.300. The minimum Gasteiger partial charge on any atom is -0.316 e. The van der Waals surface area contributed by atoms with Gasteiger partial charge < -0.3 is 5.32 Å². The molecule has 6 heteroatoms. The maximum atomic E-state index is 12.6. The van der Waals surface area contributed by atoms with Gasteiger partial charge >= 0.3 is 6.18 Å². The molecule has 1 aliphatic rings. The van der Waals surface area contributed by atoms with E-state index in [-0.39, 0.29) is 5.92 Å². The van der Waals surface area contributed by atoms with Crippen LogP contribution in [0, 0.1) is 6.92 Å². The van der Waals surface area contributed by atoms with Gasteiger partial charge in [0.05, 0.1) is 0 Å². The third-order valence-corrected chi connectivity index (χ3v) is 2.82. The fraction of sp³-hybridized carbons (Fsp3) is 0.636. The van der Waals surface area contributed by atoms with Gasteiger partial charge in [-0.15, -0.1) is 0 Å². The lowest BCUT2D eigenvalue weighted by atomic mass is 9.98. The highest BCUT2D eigenvalue weighted by Crippen LogP contribution is 2.29. The number of hydrogen-bond acceptors (Lipinski definition) is 3. The minimum absolute atomic E-state index is 0.00949. The average molecular weight is 245 g/mol. The molecule has 1 atom stereocenters. The summed E-state index contributed by atoms with van der Waals surface area (Å²) in [4.78, 5) is 7.77. The van der Waals surface area contributed by atoms with E-state index in [4.69, 9.17) is 0 Å². The Morgan fingerprint density at radius 3 is 2.71 bits per heavy atom. The van der Waals surface area contributed by atoms with E-state index in [0.29, 0.717) is 18.1 Å². The second-order valence-corrected chi connectivity index (χ2v) is 4.29. The van der Waals surface area contributed by atoms with Crippen molar-refractivity contribution in [2.75, 3.05) is 13.1 Å². The predicted octanol–water partition coefficient (Wildman–Crippen LogP) is 2.27. The Morgan fingerprint density at radius 2 is 2.12 bits per heavy atom. The van der Waals surface area contributed by atoms with E-state index >= 15 is 0 Å². The molecule has 1 N–H and O–H groups in total. The van der Waals surface area contributed by atoms with Gasteiger partial charge in [-0.25, -0.2) is 9.97 Å². The number of nitrogens with one attached hydrogen (secondary N) is 1. The van der Waals surface area contributed by atoms with E-state index in [1.54, 1.807) is 6.92 Å². The van der Waals surface area contributed by atoms with E-state index in [0.717, 1.165) is 25.5 Å². The van der Waals surface area contributed by atoms with Crippen LogP contribution in [0.3, 0.4) is 0 Å². The van der Waals surface area contributed by atoms with Gasteiger partial charge in [-0.1, -0.05) is 0 Å². The Morgan fingerprint density at radius 1 is 1.35 bits per heavy atom. The van der Waals surface area contributed by atoms with E-state index in [1.165, 1.54) is 0 Å². The summed E-state index contributed by atoms with van der Waals surface area (Å²) in [7, 11) is 0. The summed E-state index contributed by atoms with van der Waals surface area (Å²) >= 11 is 0. The number of nitrogens with zero attached hydrogens (tertiary/aromatic N) is 2. The van der Waals surface area contributed by atoms with Crippen molar-refractivity contribution >= 4 is 0 Å². The van der Waals surface area contributed by atoms with Gasteiger partial charge in [0.2, 0.25) is 0 Å². The van der Waals surface area contributed by atoms with Crippen LogP contribution in [0.4, 0.5) is 13.2 Å². The van der Waals surface area contributed by atoms with Crippen molar-refractivity contribution in [3.05, 3.63) is 23.3 Å². The van der Waals surface area contributed by atoms with Gasteiger partial charge in [0.15, 0.2) is 0 Å². The Kier molecular flexibility index (Phi) is 3.33. The van der Waals surface area contributed by atoms with Gasteiger partial charge in [0.1, 0.15) is 11.5 Å². The first-order valence-corrected chi connectivity index (χ1v) is 5.60. The minimum atomic E-state index is -4.40. The number of piperidine rings is 1. The molecule has 0 saturated carbocycles. The molecule has 0 amide bonds. The Bertz CT molecular complexity index is 397. The largest absolute Gasteiger partial charge is 0.433 e. The molecular formula is C11H14F3N3. The normalized spacial score (nSPS) is 21.5. The van der Waals surface area contributed by atoms with E-state index < -0.39 is 11.9 Å². The van der Waals surface area contributed by atoms with Crippen molar-refractivity contribution in [1.82, 2.24) is 15.3 Å². The van der Waals surface area contributed by atoms with Crippen LogP contribution in [0.25, 0.3) is 0 Å². The Hall–Kier alpha value is -1.17. The van der Waals surface area contributed by atoms with E-state index in [1.807, 2.05) is 0 Å². The van der Waals surface area contributed by atoms with Crippen LogP contribution in [0.2, 0.25) is 0 Å². The summed E-state index contributed by atoms with van der Waals surface area (Å²) in [5.41, 5.74) is -0.474. The zero-order valence-electron chi connectivity index (χ0n) is 9.51. The zero-order valence-corrected chi connectivity index (χ0v) is 9.51. The van der Waals surface area contributed by atoms with E-state index in [9.17, 15) is 13.2 Å². The summed E-state index contributed by atoms with van der Waals surface area (Å²) in [6.07, 6.45) is -2.61. The molecule has 1 fully saturated rings. The van der Waals surface area contributed by atoms with Gasteiger partial charge in [-0.2, -0.15) is 13.2 Å². The molecule has 3 nitrogen and oxygen atoms in total. The first kappa shape index (κ1) is 12.3. The van der Waals surface area contributed by atoms with Crippen LogP contribution < -0.4 is 5.32 Å². The molecule has 0 bridgehead atoms. The molecule has 0 spiro atoms. The van der Waals surface area contributed by atoms with Crippen LogP contribution in [-0.4, -0.2) is 23.1 Å². The lowest BCUT2D eigenvalue weighted by Gasteiger charge is -2.22. The highest BCUT2D eigenvalue weighted by Gasteiger charge is 2.34. The predicted molar refractivity (Wildman–Crippen MR) is 56.6 cm³/mol. The number of rotatable bonds is 1. The number of halogens is 3. The lowest BCUT2D eigenvalue weighted by Crippen LogP contribution is -2.30. The van der Waals surface area contributed by atoms with Crippen molar-refractivity contribution in [3.63, 3.8) is 0 Å². The standard InChI is InChI=1S/C11H14F3N3/c1-7-5-9(11(12,13)14)17-10(16-7)8-3-2-4-15-6-8/h5,8,15H,2-4,6H2,1H3/t8-/m0/s1. The highest BCUT2D eigenvalue weighted by molar-refractivity contribution is 5.15. The number of aryl methyl sites for hydroxylation is 1. The third kappa shape index (κ3) is 2.94. The van der Waals surface area contributed by atoms with Crippen LogP contribution in [0.15, 0.2) is 6.07 Å². The van der Waals surface area contributed by atoms with Gasteiger partial charge in [0, 0.05) is 18.2 Å². The molecule has 1 aromatic heterocycles. The summed E-state index contributed by atoms with van der Waals surface area (Å²) in [6.45, 7) is 3.13. The fourth-order valence-electron chi connectivity index (χ4n) is 1.99. The van der Waals surface area contributed by atoms with Crippen LogP contribution in [0.5, 0.6) is 0 Å². The topological polar surface area (TPSA) is 37.8 Å². The average Bonchev–Trinajstić information content (AvgIpc) is 2.28. The second kappa shape index (κ2) is 4.60. The molecule has 0 radical (unpaired) electrons. The van der Waals surface area contributed by atoms with Crippen molar-refractivity contribution < 1.29 is 13.2 Å². The van der Waals surface area contributed by atoms with Crippen molar-refractivity contribution in [3.8, 4) is 0 Å². The van der Waals surface area contributed by atoms with Gasteiger partial charge in [-0.05, 0) is 32.4 Å². The molecule has 0 aromatic carbocycles. The van der Waals surface area contributed by atoms with Gasteiger partial charge in [-0.3, -0.25) is 0 Å². The number of aromatic nitrogens is 2. The summed E-state index contributed by atoms with van der Waals surface area (Å²) in [5, 5.41) is 3.15. The monoisotopic (exact) mass is 245 g/mol. The maximum Gasteiger partial charge on any atom is 0.433 e. The van der Waals surface area contributed by atoms with Crippen LogP contribution >= 0.6 is 0 Å². The summed E-state index contributed by atoms with van der Waals surface area (Å²) in [6, 6.07) is 0.986. The van der Waals surface area contributed by atoms with Crippen molar-refractivity contribution in [1.29, 1.82) is 0 Å². The maximum absolute atomic E-state index is 12.6. The molecule has 2 heterocycles. The number of alkyl halides is 3. The summed E-state index contributed by atoms with van der Waals surface area (Å²) < 4.78 is 37.8. The van der Waals surface area contributed by atoms with Crippen LogP contribution in [0.1, 0.15) is 36.0 Å². The molecule has 1 aliphatic heterocycles. The first-order chi connectivity index (χ1) is 7.97. The second-order valence-electron chi connectivity index (χ2n) is 4.29. The zero-order chi connectivity index (χ0) is 12.5. The Labute approximate surface area is 97.5 Å². The first-order valence-electron chi connectivity index (χ1n) is 5.60. The molecule has 94 valence electrons. The Balaban J connectivity index is 2.31. The highest BCUT2D eigenvalue weighted by atomic mass is 19.4. The fourth-order valence-corrected chi connectivity index (χ4v) is 1.99. The SMILES string of the molecule is Cc1cc(C(F)(F)F)nc([C@H]2CCCNC2)n1. The van der Waals surface area contributed by atoms with Crippen LogP contribution in [-0.2, 0) is 6.18 Å². The molecule has 0 aliphatic carbocycles. The quantitative estimate of drug-likeness (QED) is 0.824. The van der Waals surface area contributed by atoms with Gasteiger partial charge in [0.25, 0.3) is 0 Å². The molecule has 1 aromatic rings. The smallest absolute Gasteiger partial charge is 0.316 e. The molecule has 0 unspecified atom stereocenters. The number of hydrogen-bond donors (Lipinski definition) is 1. The van der Waals surface area contributed by atoms with Crippen molar-refractivity contribution in [2.45, 2.75) is 31.9 Å².